The first-order chi connectivity index (χ1) is 15.3. The van der Waals surface area contributed by atoms with Crippen molar-refractivity contribution in [2.75, 3.05) is 25.0 Å². The van der Waals surface area contributed by atoms with Crippen LogP contribution in [0.2, 0.25) is 0 Å². The summed E-state index contributed by atoms with van der Waals surface area (Å²) in [6.07, 6.45) is -0.344. The number of fused-ring (bicyclic) bond motifs is 1. The third-order valence-electron chi connectivity index (χ3n) is 4.76. The van der Waals surface area contributed by atoms with E-state index in [0.717, 1.165) is 27.8 Å². The fourth-order valence-corrected chi connectivity index (χ4v) is 3.21. The molecular formula is C26H32N2O4. The van der Waals surface area contributed by atoms with E-state index in [4.69, 9.17) is 9.47 Å². The second kappa shape index (κ2) is 10.9. The van der Waals surface area contributed by atoms with Crippen molar-refractivity contribution < 1.29 is 19.4 Å². The highest BCUT2D eigenvalue weighted by Crippen LogP contribution is 2.25. The van der Waals surface area contributed by atoms with E-state index in [2.05, 4.69) is 10.6 Å². The molecule has 32 heavy (non-hydrogen) atoms. The number of anilines is 1. The van der Waals surface area contributed by atoms with Crippen LogP contribution in [0.4, 0.5) is 10.5 Å². The first-order valence-corrected chi connectivity index (χ1v) is 10.9. The molecule has 3 aromatic rings. The Bertz CT molecular complexity index is 1010. The summed E-state index contributed by atoms with van der Waals surface area (Å²) in [6.45, 7) is 6.60. The van der Waals surface area contributed by atoms with Crippen molar-refractivity contribution in [3.63, 3.8) is 0 Å². The van der Waals surface area contributed by atoms with Crippen molar-refractivity contribution in [2.45, 2.75) is 38.9 Å². The highest BCUT2D eigenvalue weighted by atomic mass is 16.6. The molecule has 0 bridgehead atoms. The average molecular weight is 437 g/mol. The summed E-state index contributed by atoms with van der Waals surface area (Å²) >= 11 is 0. The number of aliphatic hydroxyl groups excluding tert-OH is 1. The lowest BCUT2D eigenvalue weighted by atomic mass is 10.1. The lowest BCUT2D eigenvalue weighted by Crippen LogP contribution is -2.33. The molecule has 0 aliphatic heterocycles. The molecular weight excluding hydrogens is 404 g/mol. The molecule has 6 nitrogen and oxygen atoms in total. The SMILES string of the molecule is CC(C)(C)OC(=O)NCCc1ccc(NCC(O)COc2cccc3ccccc23)cc1. The third-order valence-corrected chi connectivity index (χ3v) is 4.76. The Morgan fingerprint density at radius 1 is 1.00 bits per heavy atom. The minimum atomic E-state index is -0.647. The monoisotopic (exact) mass is 436 g/mol. The Hall–Kier alpha value is -3.25. The van der Waals surface area contributed by atoms with Gasteiger partial charge in [-0.1, -0.05) is 48.5 Å². The van der Waals surface area contributed by atoms with Crippen LogP contribution in [0.15, 0.2) is 66.7 Å². The van der Waals surface area contributed by atoms with Gasteiger partial charge in [-0.15, -0.1) is 0 Å². The fraction of sp³-hybridized carbons (Fsp3) is 0.346. The lowest BCUT2D eigenvalue weighted by Gasteiger charge is -2.19. The summed E-state index contributed by atoms with van der Waals surface area (Å²) < 4.78 is 11.1. The predicted molar refractivity (Wildman–Crippen MR) is 128 cm³/mol. The second-order valence-corrected chi connectivity index (χ2v) is 8.70. The van der Waals surface area contributed by atoms with Crippen LogP contribution < -0.4 is 15.4 Å². The quantitative estimate of drug-likeness (QED) is 0.451. The number of nitrogens with one attached hydrogen (secondary N) is 2. The van der Waals surface area contributed by atoms with Crippen molar-refractivity contribution in [3.8, 4) is 5.75 Å². The molecule has 3 aromatic carbocycles. The molecule has 6 heteroatoms. The molecule has 3 rings (SSSR count). The van der Waals surface area contributed by atoms with Crippen LogP contribution in [0.25, 0.3) is 10.8 Å². The molecule has 0 aliphatic rings. The van der Waals surface area contributed by atoms with Crippen molar-refractivity contribution >= 4 is 22.6 Å². The van der Waals surface area contributed by atoms with Gasteiger partial charge in [0.2, 0.25) is 0 Å². The number of rotatable bonds is 9. The van der Waals surface area contributed by atoms with Crippen molar-refractivity contribution in [1.82, 2.24) is 5.32 Å². The molecule has 0 aromatic heterocycles. The summed E-state index contributed by atoms with van der Waals surface area (Å²) in [5, 5.41) is 18.4. The van der Waals surface area contributed by atoms with Crippen molar-refractivity contribution in [2.24, 2.45) is 0 Å². The molecule has 0 aliphatic carbocycles. The van der Waals surface area contributed by atoms with E-state index in [0.29, 0.717) is 19.5 Å². The van der Waals surface area contributed by atoms with Gasteiger partial charge in [0, 0.05) is 24.2 Å². The highest BCUT2D eigenvalue weighted by Gasteiger charge is 2.15. The smallest absolute Gasteiger partial charge is 0.407 e. The number of alkyl carbamates (subject to hydrolysis) is 1. The first kappa shape index (κ1) is 23.4. The van der Waals surface area contributed by atoms with Crippen LogP contribution in [-0.2, 0) is 11.2 Å². The zero-order valence-electron chi connectivity index (χ0n) is 18.9. The number of aliphatic hydroxyl groups is 1. The van der Waals surface area contributed by atoms with Crippen LogP contribution in [0.5, 0.6) is 5.75 Å². The van der Waals surface area contributed by atoms with Crippen molar-refractivity contribution in [1.29, 1.82) is 0 Å². The van der Waals surface area contributed by atoms with E-state index in [1.807, 2.05) is 87.5 Å². The molecule has 3 N–H and O–H groups in total. The van der Waals surface area contributed by atoms with E-state index < -0.39 is 17.8 Å². The van der Waals surface area contributed by atoms with Gasteiger partial charge >= 0.3 is 6.09 Å². The number of ether oxygens (including phenoxy) is 2. The molecule has 0 saturated heterocycles. The van der Waals surface area contributed by atoms with E-state index in [9.17, 15) is 9.90 Å². The molecule has 1 atom stereocenters. The Morgan fingerprint density at radius 2 is 1.72 bits per heavy atom. The number of amides is 1. The van der Waals surface area contributed by atoms with E-state index in [-0.39, 0.29) is 6.61 Å². The maximum Gasteiger partial charge on any atom is 0.407 e. The van der Waals surface area contributed by atoms with Crippen LogP contribution in [-0.4, -0.2) is 42.6 Å². The van der Waals surface area contributed by atoms with Gasteiger partial charge in [0.25, 0.3) is 0 Å². The highest BCUT2D eigenvalue weighted by molar-refractivity contribution is 5.88. The molecule has 0 fully saturated rings. The Balaban J connectivity index is 1.39. The summed E-state index contributed by atoms with van der Waals surface area (Å²) in [5.74, 6) is 0.770. The van der Waals surface area contributed by atoms with Crippen LogP contribution in [0.3, 0.4) is 0 Å². The number of benzene rings is 3. The Labute approximate surface area is 189 Å². The number of carbonyl (C=O) groups excluding carboxylic acids is 1. The van der Waals surface area contributed by atoms with Gasteiger partial charge in [-0.05, 0) is 56.3 Å². The molecule has 170 valence electrons. The molecule has 0 spiro atoms. The molecule has 0 radical (unpaired) electrons. The zero-order chi connectivity index (χ0) is 23.0. The van der Waals surface area contributed by atoms with Crippen LogP contribution in [0.1, 0.15) is 26.3 Å². The summed E-state index contributed by atoms with van der Waals surface area (Å²) in [5.41, 5.74) is 1.52. The minimum absolute atomic E-state index is 0.204. The normalized spacial score (nSPS) is 12.2. The van der Waals surface area contributed by atoms with Gasteiger partial charge in [0.05, 0.1) is 0 Å². The number of carbonyl (C=O) groups is 1. The number of hydrogen-bond donors (Lipinski definition) is 3. The zero-order valence-corrected chi connectivity index (χ0v) is 18.9. The van der Waals surface area contributed by atoms with Gasteiger partial charge in [-0.25, -0.2) is 4.79 Å². The van der Waals surface area contributed by atoms with Crippen molar-refractivity contribution in [3.05, 3.63) is 72.3 Å². The molecule has 1 amide bonds. The van der Waals surface area contributed by atoms with Gasteiger partial charge in [0.1, 0.15) is 24.1 Å². The fourth-order valence-electron chi connectivity index (χ4n) is 3.21. The van der Waals surface area contributed by atoms with Gasteiger partial charge < -0.3 is 25.2 Å². The summed E-state index contributed by atoms with van der Waals surface area (Å²) in [6, 6.07) is 21.8. The van der Waals surface area contributed by atoms with E-state index >= 15 is 0 Å². The van der Waals surface area contributed by atoms with Gasteiger partial charge in [-0.2, -0.15) is 0 Å². The maximum absolute atomic E-state index is 11.7. The van der Waals surface area contributed by atoms with E-state index in [1.54, 1.807) is 0 Å². The third kappa shape index (κ3) is 7.46. The average Bonchev–Trinajstić information content (AvgIpc) is 2.76. The van der Waals surface area contributed by atoms with E-state index in [1.165, 1.54) is 0 Å². The maximum atomic E-state index is 11.7. The Kier molecular flexibility index (Phi) is 7.95. The Morgan fingerprint density at radius 3 is 2.47 bits per heavy atom. The van der Waals surface area contributed by atoms with Crippen LogP contribution >= 0.6 is 0 Å². The molecule has 1 unspecified atom stereocenters. The summed E-state index contributed by atoms with van der Waals surface area (Å²) in [4.78, 5) is 11.7. The molecule has 0 heterocycles. The predicted octanol–water partition coefficient (Wildman–Crippen LogP) is 4.76. The summed E-state index contributed by atoms with van der Waals surface area (Å²) in [7, 11) is 0. The first-order valence-electron chi connectivity index (χ1n) is 10.9. The topological polar surface area (TPSA) is 79.8 Å². The molecule has 0 saturated carbocycles. The number of hydrogen-bond acceptors (Lipinski definition) is 5. The standard InChI is InChI=1S/C26H32N2O4/c1-26(2,3)32-25(30)27-16-15-19-11-13-21(14-12-19)28-17-22(29)18-31-24-10-6-8-20-7-4-5-9-23(20)24/h4-14,22,28-29H,15-18H2,1-3H3,(H,27,30). The van der Waals surface area contributed by atoms with Gasteiger partial charge in [-0.3, -0.25) is 0 Å². The van der Waals surface area contributed by atoms with Gasteiger partial charge in [0.15, 0.2) is 0 Å². The van der Waals surface area contributed by atoms with Crippen LogP contribution in [0, 0.1) is 0 Å². The largest absolute Gasteiger partial charge is 0.490 e. The minimum Gasteiger partial charge on any atom is -0.490 e. The lowest BCUT2D eigenvalue weighted by molar-refractivity contribution is 0.0528. The second-order valence-electron chi connectivity index (χ2n) is 8.70.